The van der Waals surface area contributed by atoms with E-state index < -0.39 is 0 Å². The van der Waals surface area contributed by atoms with Crippen LogP contribution in [-0.2, 0) is 11.2 Å². The van der Waals surface area contributed by atoms with E-state index >= 15 is 0 Å². The number of benzene rings is 2. The van der Waals surface area contributed by atoms with E-state index in [1.807, 2.05) is 17.0 Å². The molecule has 3 nitrogen and oxygen atoms in total. The summed E-state index contributed by atoms with van der Waals surface area (Å²) in [5.74, 6) is 0.607. The van der Waals surface area contributed by atoms with Crippen LogP contribution in [0, 0.1) is 6.92 Å². The molecule has 2 aromatic carbocycles. The Morgan fingerprint density at radius 1 is 1.29 bits per heavy atom. The number of rotatable bonds is 3. The maximum Gasteiger partial charge on any atom is 0.237 e. The number of amides is 1. The second-order valence-electron chi connectivity index (χ2n) is 6.02. The van der Waals surface area contributed by atoms with Gasteiger partial charge in [0.05, 0.1) is 16.0 Å². The first-order chi connectivity index (χ1) is 11.7. The number of hydrogen-bond acceptors (Lipinski definition) is 4. The zero-order valence-electron chi connectivity index (χ0n) is 13.5. The molecule has 24 heavy (non-hydrogen) atoms. The third-order valence-corrected chi connectivity index (χ3v) is 6.42. The Bertz CT molecular complexity index is 903. The molecule has 2 heterocycles. The summed E-state index contributed by atoms with van der Waals surface area (Å²) in [5.41, 5.74) is 4.59. The monoisotopic (exact) mass is 354 g/mol. The van der Waals surface area contributed by atoms with E-state index in [-0.39, 0.29) is 5.91 Å². The Balaban J connectivity index is 1.48. The van der Waals surface area contributed by atoms with E-state index in [1.165, 1.54) is 15.8 Å². The molecule has 122 valence electrons. The second-order valence-corrected chi connectivity index (χ2v) is 8.27. The van der Waals surface area contributed by atoms with Crippen molar-refractivity contribution in [3.63, 3.8) is 0 Å². The Hall–Kier alpha value is -1.85. The van der Waals surface area contributed by atoms with Crippen LogP contribution in [0.3, 0.4) is 0 Å². The molecular formula is C19H18N2OS2. The molecule has 0 bridgehead atoms. The highest BCUT2D eigenvalue weighted by molar-refractivity contribution is 8.01. The first-order valence-electron chi connectivity index (χ1n) is 8.09. The standard InChI is InChI=1S/C19H18N2OS2/c1-13-8-9-17-15(11-13)20-19(24-17)23-12-18(22)21-10-4-6-14-5-2-3-7-16(14)21/h2-3,5,7-9,11H,4,6,10,12H2,1H3. The van der Waals surface area contributed by atoms with Crippen molar-refractivity contribution in [1.82, 2.24) is 4.98 Å². The van der Waals surface area contributed by atoms with Crippen LogP contribution in [0.5, 0.6) is 0 Å². The largest absolute Gasteiger partial charge is 0.311 e. The third kappa shape index (κ3) is 3.06. The van der Waals surface area contributed by atoms with Crippen molar-refractivity contribution in [2.45, 2.75) is 24.1 Å². The minimum atomic E-state index is 0.169. The molecule has 1 aliphatic rings. The van der Waals surface area contributed by atoms with Gasteiger partial charge in [-0.3, -0.25) is 4.79 Å². The van der Waals surface area contributed by atoms with Crippen LogP contribution < -0.4 is 4.90 Å². The number of nitrogens with zero attached hydrogens (tertiary/aromatic N) is 2. The van der Waals surface area contributed by atoms with Gasteiger partial charge in [-0.1, -0.05) is 36.0 Å². The van der Waals surface area contributed by atoms with Crippen molar-refractivity contribution < 1.29 is 4.79 Å². The molecule has 0 radical (unpaired) electrons. The van der Waals surface area contributed by atoms with Crippen molar-refractivity contribution in [3.05, 3.63) is 53.6 Å². The normalized spacial score (nSPS) is 14.0. The van der Waals surface area contributed by atoms with Gasteiger partial charge in [-0.2, -0.15) is 0 Å². The molecule has 0 spiro atoms. The van der Waals surface area contributed by atoms with Crippen LogP contribution in [0.2, 0.25) is 0 Å². The summed E-state index contributed by atoms with van der Waals surface area (Å²) in [6.07, 6.45) is 2.10. The fraction of sp³-hybridized carbons (Fsp3) is 0.263. The number of fused-ring (bicyclic) bond motifs is 2. The molecule has 4 rings (SSSR count). The van der Waals surface area contributed by atoms with Crippen LogP contribution in [0.25, 0.3) is 10.2 Å². The molecule has 0 saturated carbocycles. The molecule has 0 aliphatic carbocycles. The summed E-state index contributed by atoms with van der Waals surface area (Å²) in [6, 6.07) is 14.5. The van der Waals surface area contributed by atoms with Gasteiger partial charge in [-0.05, 0) is 49.1 Å². The highest BCUT2D eigenvalue weighted by Gasteiger charge is 2.22. The van der Waals surface area contributed by atoms with Crippen LogP contribution >= 0.6 is 23.1 Å². The summed E-state index contributed by atoms with van der Waals surface area (Å²) in [7, 11) is 0. The van der Waals surface area contributed by atoms with Gasteiger partial charge in [0, 0.05) is 12.2 Å². The van der Waals surface area contributed by atoms with Gasteiger partial charge in [0.25, 0.3) is 0 Å². The molecule has 0 unspecified atom stereocenters. The molecule has 1 aliphatic heterocycles. The van der Waals surface area contributed by atoms with Gasteiger partial charge in [0.15, 0.2) is 4.34 Å². The smallest absolute Gasteiger partial charge is 0.237 e. The van der Waals surface area contributed by atoms with Gasteiger partial charge in [0.2, 0.25) is 5.91 Å². The van der Waals surface area contributed by atoms with Crippen LogP contribution in [0.15, 0.2) is 46.8 Å². The topological polar surface area (TPSA) is 33.2 Å². The number of thioether (sulfide) groups is 1. The number of aryl methyl sites for hydroxylation is 2. The Morgan fingerprint density at radius 3 is 3.08 bits per heavy atom. The van der Waals surface area contributed by atoms with E-state index in [0.29, 0.717) is 5.75 Å². The van der Waals surface area contributed by atoms with Crippen molar-refractivity contribution in [1.29, 1.82) is 0 Å². The highest BCUT2D eigenvalue weighted by Crippen LogP contribution is 2.32. The van der Waals surface area contributed by atoms with Gasteiger partial charge in [-0.15, -0.1) is 11.3 Å². The average molecular weight is 354 g/mol. The molecular weight excluding hydrogens is 336 g/mol. The molecule has 0 fully saturated rings. The number of thiazole rings is 1. The third-order valence-electron chi connectivity index (χ3n) is 4.25. The lowest BCUT2D eigenvalue weighted by Gasteiger charge is -2.29. The van der Waals surface area contributed by atoms with Gasteiger partial charge in [-0.25, -0.2) is 4.98 Å². The number of carbonyl (C=O) groups excluding carboxylic acids is 1. The molecule has 5 heteroatoms. The lowest BCUT2D eigenvalue weighted by Crippen LogP contribution is -2.36. The maximum absolute atomic E-state index is 12.7. The summed E-state index contributed by atoms with van der Waals surface area (Å²) in [6.45, 7) is 2.89. The summed E-state index contributed by atoms with van der Waals surface area (Å²) in [4.78, 5) is 19.3. The van der Waals surface area contributed by atoms with Crippen LogP contribution in [0.1, 0.15) is 17.5 Å². The minimum Gasteiger partial charge on any atom is -0.311 e. The van der Waals surface area contributed by atoms with E-state index in [1.54, 1.807) is 23.1 Å². The van der Waals surface area contributed by atoms with Gasteiger partial charge in [0.1, 0.15) is 0 Å². The summed E-state index contributed by atoms with van der Waals surface area (Å²) < 4.78 is 2.15. The quantitative estimate of drug-likeness (QED) is 0.641. The van der Waals surface area contributed by atoms with Crippen molar-refractivity contribution in [3.8, 4) is 0 Å². The molecule has 0 atom stereocenters. The lowest BCUT2D eigenvalue weighted by molar-refractivity contribution is -0.116. The van der Waals surface area contributed by atoms with E-state index in [4.69, 9.17) is 0 Å². The number of anilines is 1. The zero-order valence-corrected chi connectivity index (χ0v) is 15.1. The lowest BCUT2D eigenvalue weighted by atomic mass is 10.0. The number of hydrogen-bond donors (Lipinski definition) is 0. The van der Waals surface area contributed by atoms with Crippen molar-refractivity contribution >= 4 is 44.9 Å². The SMILES string of the molecule is Cc1ccc2sc(SCC(=O)N3CCCc4ccccc43)nc2c1. The van der Waals surface area contributed by atoms with Gasteiger partial charge < -0.3 is 4.90 Å². The highest BCUT2D eigenvalue weighted by atomic mass is 32.2. The number of carbonyl (C=O) groups is 1. The van der Waals surface area contributed by atoms with E-state index in [2.05, 4.69) is 42.2 Å². The molecule has 1 aromatic heterocycles. The molecule has 0 saturated heterocycles. The van der Waals surface area contributed by atoms with Gasteiger partial charge >= 0.3 is 0 Å². The molecule has 0 N–H and O–H groups in total. The van der Waals surface area contributed by atoms with Crippen molar-refractivity contribution in [2.75, 3.05) is 17.2 Å². The first-order valence-corrected chi connectivity index (χ1v) is 9.89. The van der Waals surface area contributed by atoms with Crippen molar-refractivity contribution in [2.24, 2.45) is 0 Å². The van der Waals surface area contributed by atoms with Crippen LogP contribution in [-0.4, -0.2) is 23.2 Å². The number of aromatic nitrogens is 1. The number of para-hydroxylation sites is 1. The molecule has 3 aromatic rings. The Labute approximate surface area is 149 Å². The predicted molar refractivity (Wildman–Crippen MR) is 102 cm³/mol. The zero-order chi connectivity index (χ0) is 16.5. The fourth-order valence-electron chi connectivity index (χ4n) is 3.07. The predicted octanol–water partition coefficient (Wildman–Crippen LogP) is 4.68. The first kappa shape index (κ1) is 15.7. The van der Waals surface area contributed by atoms with E-state index in [0.717, 1.165) is 34.9 Å². The minimum absolute atomic E-state index is 0.169. The van der Waals surface area contributed by atoms with E-state index in [9.17, 15) is 4.79 Å². The Kier molecular flexibility index (Phi) is 4.29. The van der Waals surface area contributed by atoms with Crippen LogP contribution in [0.4, 0.5) is 5.69 Å². The fourth-order valence-corrected chi connectivity index (χ4v) is 5.00. The Morgan fingerprint density at radius 2 is 2.17 bits per heavy atom. The second kappa shape index (κ2) is 6.57. The summed E-state index contributed by atoms with van der Waals surface area (Å²) in [5, 5.41) is 0. The molecule has 1 amide bonds. The maximum atomic E-state index is 12.7. The summed E-state index contributed by atoms with van der Waals surface area (Å²) >= 11 is 3.21. The average Bonchev–Trinajstić information content (AvgIpc) is 3.01.